The quantitative estimate of drug-likeness (QED) is 0.791. The predicted molar refractivity (Wildman–Crippen MR) is 109 cm³/mol. The van der Waals surface area contributed by atoms with Crippen molar-refractivity contribution in [2.75, 3.05) is 16.8 Å². The van der Waals surface area contributed by atoms with E-state index in [1.165, 1.54) is 11.8 Å². The highest BCUT2D eigenvalue weighted by Gasteiger charge is 2.20. The van der Waals surface area contributed by atoms with Crippen LogP contribution in [0.25, 0.3) is 0 Å². The fourth-order valence-corrected chi connectivity index (χ4v) is 2.92. The zero-order valence-corrected chi connectivity index (χ0v) is 16.7. The van der Waals surface area contributed by atoms with Gasteiger partial charge in [-0.05, 0) is 50.5 Å². The second-order valence-electron chi connectivity index (χ2n) is 6.75. The Morgan fingerprint density at radius 1 is 1.11 bits per heavy atom. The van der Waals surface area contributed by atoms with Gasteiger partial charge >= 0.3 is 0 Å². The number of hydrogen-bond donors (Lipinski definition) is 1. The van der Waals surface area contributed by atoms with Crippen molar-refractivity contribution in [3.8, 4) is 5.75 Å². The van der Waals surface area contributed by atoms with Crippen LogP contribution in [-0.2, 0) is 16.0 Å². The van der Waals surface area contributed by atoms with Gasteiger partial charge in [-0.15, -0.1) is 0 Å². The Morgan fingerprint density at radius 2 is 1.81 bits per heavy atom. The molecular formula is C22H28N2O3. The Hall–Kier alpha value is -2.82. The molecule has 27 heavy (non-hydrogen) atoms. The summed E-state index contributed by atoms with van der Waals surface area (Å²) in [6.07, 6.45) is 0.784. The van der Waals surface area contributed by atoms with Crippen LogP contribution in [0.15, 0.2) is 42.5 Å². The van der Waals surface area contributed by atoms with Crippen molar-refractivity contribution in [2.45, 2.75) is 47.1 Å². The Bertz CT molecular complexity index is 815. The Morgan fingerprint density at radius 3 is 2.44 bits per heavy atom. The van der Waals surface area contributed by atoms with E-state index in [1.54, 1.807) is 12.1 Å². The molecule has 0 atom stereocenters. The SMILES string of the molecule is CCc1cccc(C)c1NC(=O)CN(C(C)=O)c1ccccc1OC(C)C. The molecule has 0 unspecified atom stereocenters. The van der Waals surface area contributed by atoms with Crippen LogP contribution >= 0.6 is 0 Å². The third-order valence-electron chi connectivity index (χ3n) is 4.20. The standard InChI is InChI=1S/C22H28N2O3/c1-6-18-11-9-10-16(4)22(18)23-21(26)14-24(17(5)25)19-12-7-8-13-20(19)27-15(2)3/h7-13,15H,6,14H2,1-5H3,(H,23,26). The molecular weight excluding hydrogens is 340 g/mol. The minimum Gasteiger partial charge on any atom is -0.489 e. The molecule has 2 amide bonds. The second-order valence-corrected chi connectivity index (χ2v) is 6.75. The minimum atomic E-state index is -0.242. The number of ether oxygens (including phenoxy) is 1. The molecule has 2 rings (SSSR count). The number of carbonyl (C=O) groups is 2. The summed E-state index contributed by atoms with van der Waals surface area (Å²) in [5.41, 5.74) is 3.48. The summed E-state index contributed by atoms with van der Waals surface area (Å²) < 4.78 is 5.81. The molecule has 0 aromatic heterocycles. The van der Waals surface area contributed by atoms with Crippen LogP contribution in [-0.4, -0.2) is 24.5 Å². The van der Waals surface area contributed by atoms with Crippen LogP contribution in [0.3, 0.4) is 0 Å². The molecule has 0 aliphatic carbocycles. The molecule has 0 spiro atoms. The number of nitrogens with one attached hydrogen (secondary N) is 1. The largest absolute Gasteiger partial charge is 0.489 e. The first kappa shape index (κ1) is 20.5. The summed E-state index contributed by atoms with van der Waals surface area (Å²) >= 11 is 0. The van der Waals surface area contributed by atoms with Crippen LogP contribution in [0.5, 0.6) is 5.75 Å². The lowest BCUT2D eigenvalue weighted by atomic mass is 10.1. The van der Waals surface area contributed by atoms with Gasteiger partial charge in [0.05, 0.1) is 11.8 Å². The second kappa shape index (κ2) is 9.21. The third kappa shape index (κ3) is 5.33. The fourth-order valence-electron chi connectivity index (χ4n) is 2.92. The lowest BCUT2D eigenvalue weighted by molar-refractivity contribution is -0.120. The van der Waals surface area contributed by atoms with E-state index < -0.39 is 0 Å². The Labute approximate surface area is 161 Å². The van der Waals surface area contributed by atoms with Crippen molar-refractivity contribution in [1.29, 1.82) is 0 Å². The van der Waals surface area contributed by atoms with Gasteiger partial charge in [0.25, 0.3) is 0 Å². The summed E-state index contributed by atoms with van der Waals surface area (Å²) in [4.78, 5) is 26.4. The first-order valence-corrected chi connectivity index (χ1v) is 9.25. The van der Waals surface area contributed by atoms with E-state index in [-0.39, 0.29) is 24.5 Å². The zero-order valence-electron chi connectivity index (χ0n) is 16.7. The molecule has 2 aromatic rings. The number of carbonyl (C=O) groups excluding carboxylic acids is 2. The molecule has 0 radical (unpaired) electrons. The van der Waals surface area contributed by atoms with Gasteiger partial charge in [0.1, 0.15) is 12.3 Å². The van der Waals surface area contributed by atoms with E-state index in [2.05, 4.69) is 5.32 Å². The van der Waals surface area contributed by atoms with Gasteiger partial charge in [0.2, 0.25) is 11.8 Å². The molecule has 0 saturated heterocycles. The van der Waals surface area contributed by atoms with E-state index in [1.807, 2.05) is 58.0 Å². The lowest BCUT2D eigenvalue weighted by Crippen LogP contribution is -2.37. The minimum absolute atomic E-state index is 0.0344. The molecule has 144 valence electrons. The maximum atomic E-state index is 12.7. The molecule has 0 aliphatic rings. The summed E-state index contributed by atoms with van der Waals surface area (Å²) in [5.74, 6) is 0.125. The van der Waals surface area contributed by atoms with Crippen molar-refractivity contribution in [3.05, 3.63) is 53.6 Å². The number of benzene rings is 2. The third-order valence-corrected chi connectivity index (χ3v) is 4.20. The van der Waals surface area contributed by atoms with Gasteiger partial charge in [0.15, 0.2) is 0 Å². The van der Waals surface area contributed by atoms with Crippen LogP contribution in [0, 0.1) is 6.92 Å². The molecule has 2 aromatic carbocycles. The number of hydrogen-bond acceptors (Lipinski definition) is 3. The number of para-hydroxylation sites is 3. The molecule has 0 saturated carbocycles. The monoisotopic (exact) mass is 368 g/mol. The molecule has 0 heterocycles. The van der Waals surface area contributed by atoms with E-state index >= 15 is 0 Å². The number of anilines is 2. The van der Waals surface area contributed by atoms with Gasteiger partial charge in [-0.25, -0.2) is 0 Å². The summed E-state index contributed by atoms with van der Waals surface area (Å²) in [7, 11) is 0. The van der Waals surface area contributed by atoms with Gasteiger partial charge < -0.3 is 10.1 Å². The lowest BCUT2D eigenvalue weighted by Gasteiger charge is -2.24. The topological polar surface area (TPSA) is 58.6 Å². The summed E-state index contributed by atoms with van der Waals surface area (Å²) in [6, 6.07) is 13.2. The first-order valence-electron chi connectivity index (χ1n) is 9.25. The van der Waals surface area contributed by atoms with Gasteiger partial charge in [-0.1, -0.05) is 37.3 Å². The first-order chi connectivity index (χ1) is 12.8. The molecule has 0 bridgehead atoms. The van der Waals surface area contributed by atoms with Crippen molar-refractivity contribution < 1.29 is 14.3 Å². The van der Waals surface area contributed by atoms with Crippen molar-refractivity contribution >= 4 is 23.2 Å². The van der Waals surface area contributed by atoms with E-state index in [0.29, 0.717) is 11.4 Å². The average Bonchev–Trinajstić information content (AvgIpc) is 2.61. The molecule has 5 nitrogen and oxygen atoms in total. The predicted octanol–water partition coefficient (Wildman–Crippen LogP) is 4.34. The zero-order chi connectivity index (χ0) is 20.0. The molecule has 0 fully saturated rings. The van der Waals surface area contributed by atoms with Crippen molar-refractivity contribution in [2.24, 2.45) is 0 Å². The smallest absolute Gasteiger partial charge is 0.244 e. The maximum Gasteiger partial charge on any atom is 0.244 e. The van der Waals surface area contributed by atoms with E-state index in [4.69, 9.17) is 4.74 Å². The van der Waals surface area contributed by atoms with Crippen LogP contribution in [0.2, 0.25) is 0 Å². The fraction of sp³-hybridized carbons (Fsp3) is 0.364. The Balaban J connectivity index is 2.25. The van der Waals surface area contributed by atoms with E-state index in [0.717, 1.165) is 23.2 Å². The molecule has 0 aliphatic heterocycles. The number of nitrogens with zero attached hydrogens (tertiary/aromatic N) is 1. The van der Waals surface area contributed by atoms with Crippen molar-refractivity contribution in [3.63, 3.8) is 0 Å². The highest BCUT2D eigenvalue weighted by atomic mass is 16.5. The van der Waals surface area contributed by atoms with Crippen molar-refractivity contribution in [1.82, 2.24) is 0 Å². The highest BCUT2D eigenvalue weighted by Crippen LogP contribution is 2.29. The number of rotatable bonds is 7. The maximum absolute atomic E-state index is 12.7. The van der Waals surface area contributed by atoms with Crippen LogP contribution in [0.1, 0.15) is 38.8 Å². The van der Waals surface area contributed by atoms with Gasteiger partial charge in [0, 0.05) is 12.6 Å². The highest BCUT2D eigenvalue weighted by molar-refractivity contribution is 6.03. The average molecular weight is 368 g/mol. The van der Waals surface area contributed by atoms with E-state index in [9.17, 15) is 9.59 Å². The Kier molecular flexibility index (Phi) is 6.99. The molecule has 1 N–H and O–H groups in total. The van der Waals surface area contributed by atoms with Crippen LogP contribution in [0.4, 0.5) is 11.4 Å². The molecule has 5 heteroatoms. The van der Waals surface area contributed by atoms with Gasteiger partial charge in [-0.3, -0.25) is 14.5 Å². The van der Waals surface area contributed by atoms with Gasteiger partial charge in [-0.2, -0.15) is 0 Å². The summed E-state index contributed by atoms with van der Waals surface area (Å²) in [6.45, 7) is 9.23. The van der Waals surface area contributed by atoms with Crippen LogP contribution < -0.4 is 15.0 Å². The summed E-state index contributed by atoms with van der Waals surface area (Å²) in [5, 5.41) is 2.97. The number of amides is 2. The normalized spacial score (nSPS) is 10.6. The number of aryl methyl sites for hydroxylation is 2.